The smallest absolute Gasteiger partial charge is 0.222 e. The highest BCUT2D eigenvalue weighted by atomic mass is 35.5. The molecule has 1 aromatic heterocycles. The van der Waals surface area contributed by atoms with E-state index in [1.165, 1.54) is 4.88 Å². The molecule has 136 valence electrons. The molecule has 0 aromatic carbocycles. The molecule has 0 saturated carbocycles. The Labute approximate surface area is 161 Å². The summed E-state index contributed by atoms with van der Waals surface area (Å²) in [6, 6.07) is 0.106. The van der Waals surface area contributed by atoms with E-state index >= 15 is 0 Å². The predicted octanol–water partition coefficient (Wildman–Crippen LogP) is 2.49. The fourth-order valence-electron chi connectivity index (χ4n) is 2.36. The molecule has 0 aliphatic carbocycles. The Morgan fingerprint density at radius 1 is 1.30 bits per heavy atom. The number of nitrogens with zero attached hydrogens (tertiary/aromatic N) is 3. The fraction of sp³-hybridized carbons (Fsp3) is 0.714. The summed E-state index contributed by atoms with van der Waals surface area (Å²) in [6.45, 7) is 8.48. The van der Waals surface area contributed by atoms with Crippen LogP contribution in [0, 0.1) is 6.92 Å². The van der Waals surface area contributed by atoms with Crippen LogP contribution in [-0.2, 0) is 11.3 Å². The average molecular weight is 406 g/mol. The van der Waals surface area contributed by atoms with Crippen LogP contribution in [0.25, 0.3) is 0 Å². The highest BCUT2D eigenvalue weighted by Gasteiger charge is 2.21. The van der Waals surface area contributed by atoms with Gasteiger partial charge in [0.2, 0.25) is 5.91 Å². The molecule has 1 aromatic rings. The van der Waals surface area contributed by atoms with Crippen LogP contribution in [0.3, 0.4) is 0 Å². The standard InChI is InChI=1S/C14H24N4OS.3ClH/c1-11(15)3-4-14(19)18-7-5-17(6-8-18)10-13-9-16-12(2)20-13;;;/h9,11H,3-8,10,15H2,1-2H3;3*1H. The first-order chi connectivity index (χ1) is 9.54. The minimum absolute atomic E-state index is 0. The van der Waals surface area contributed by atoms with E-state index in [0.717, 1.165) is 44.2 Å². The normalized spacial score (nSPS) is 15.9. The van der Waals surface area contributed by atoms with Crippen molar-refractivity contribution in [2.24, 2.45) is 5.73 Å². The van der Waals surface area contributed by atoms with E-state index in [2.05, 4.69) is 9.88 Å². The molecule has 2 heterocycles. The van der Waals surface area contributed by atoms with Gasteiger partial charge in [-0.15, -0.1) is 48.6 Å². The number of carbonyl (C=O) groups excluding carboxylic acids is 1. The van der Waals surface area contributed by atoms with Crippen LogP contribution in [0.15, 0.2) is 6.20 Å². The van der Waals surface area contributed by atoms with Gasteiger partial charge >= 0.3 is 0 Å². The van der Waals surface area contributed by atoms with E-state index in [1.807, 2.05) is 24.9 Å². The number of amides is 1. The zero-order valence-corrected chi connectivity index (χ0v) is 16.8. The van der Waals surface area contributed by atoms with Crippen LogP contribution in [-0.4, -0.2) is 52.9 Å². The molecule has 1 aliphatic rings. The lowest BCUT2D eigenvalue weighted by Crippen LogP contribution is -2.48. The highest BCUT2D eigenvalue weighted by molar-refractivity contribution is 7.11. The number of rotatable bonds is 5. The first-order valence-electron chi connectivity index (χ1n) is 7.21. The summed E-state index contributed by atoms with van der Waals surface area (Å²) in [5.74, 6) is 0.246. The number of piperazine rings is 1. The second-order valence-corrected chi connectivity index (χ2v) is 6.84. The number of thiazole rings is 1. The number of aryl methyl sites for hydroxylation is 1. The maximum absolute atomic E-state index is 12.0. The third-order valence-corrected chi connectivity index (χ3v) is 4.48. The number of carbonyl (C=O) groups is 1. The summed E-state index contributed by atoms with van der Waals surface area (Å²) in [4.78, 5) is 22.0. The van der Waals surface area contributed by atoms with E-state index in [4.69, 9.17) is 5.73 Å². The van der Waals surface area contributed by atoms with Gasteiger partial charge in [0.1, 0.15) is 0 Å². The van der Waals surface area contributed by atoms with Gasteiger partial charge in [0.25, 0.3) is 0 Å². The molecule has 2 N–H and O–H groups in total. The van der Waals surface area contributed by atoms with Crippen molar-refractivity contribution >= 4 is 54.5 Å². The van der Waals surface area contributed by atoms with Crippen LogP contribution < -0.4 is 5.73 Å². The van der Waals surface area contributed by atoms with Gasteiger partial charge in [-0.05, 0) is 20.3 Å². The molecule has 9 heteroatoms. The van der Waals surface area contributed by atoms with E-state index in [1.54, 1.807) is 11.3 Å². The minimum Gasteiger partial charge on any atom is -0.340 e. The molecule has 23 heavy (non-hydrogen) atoms. The summed E-state index contributed by atoms with van der Waals surface area (Å²) in [5, 5.41) is 1.12. The lowest BCUT2D eigenvalue weighted by atomic mass is 10.1. The zero-order chi connectivity index (χ0) is 14.5. The number of nitrogens with two attached hydrogens (primary N) is 1. The first kappa shape index (κ1) is 25.1. The quantitative estimate of drug-likeness (QED) is 0.817. The molecule has 1 aliphatic heterocycles. The first-order valence-corrected chi connectivity index (χ1v) is 8.03. The van der Waals surface area contributed by atoms with E-state index in [9.17, 15) is 4.79 Å². The van der Waals surface area contributed by atoms with Crippen LogP contribution >= 0.6 is 48.6 Å². The molecule has 0 bridgehead atoms. The van der Waals surface area contributed by atoms with Crippen LogP contribution in [0.1, 0.15) is 29.7 Å². The number of halogens is 3. The fourth-order valence-corrected chi connectivity index (χ4v) is 3.20. The van der Waals surface area contributed by atoms with Crippen molar-refractivity contribution in [3.8, 4) is 0 Å². The van der Waals surface area contributed by atoms with Crippen molar-refractivity contribution in [2.75, 3.05) is 26.2 Å². The number of aromatic nitrogens is 1. The molecule has 5 nitrogen and oxygen atoms in total. The Morgan fingerprint density at radius 3 is 2.39 bits per heavy atom. The molecule has 1 fully saturated rings. The van der Waals surface area contributed by atoms with Gasteiger partial charge in [-0.25, -0.2) is 4.98 Å². The molecule has 1 unspecified atom stereocenters. The van der Waals surface area contributed by atoms with Crippen LogP contribution in [0.2, 0.25) is 0 Å². The van der Waals surface area contributed by atoms with Crippen molar-refractivity contribution in [3.05, 3.63) is 16.1 Å². The van der Waals surface area contributed by atoms with Gasteiger partial charge in [-0.1, -0.05) is 0 Å². The minimum atomic E-state index is 0. The zero-order valence-electron chi connectivity index (χ0n) is 13.6. The second kappa shape index (κ2) is 12.3. The van der Waals surface area contributed by atoms with Gasteiger partial charge in [0, 0.05) is 56.3 Å². The summed E-state index contributed by atoms with van der Waals surface area (Å²) in [5.41, 5.74) is 5.70. The van der Waals surface area contributed by atoms with Gasteiger partial charge in [-0.2, -0.15) is 0 Å². The van der Waals surface area contributed by atoms with Crippen molar-refractivity contribution in [2.45, 2.75) is 39.3 Å². The summed E-state index contributed by atoms with van der Waals surface area (Å²) in [6.07, 6.45) is 3.31. The van der Waals surface area contributed by atoms with Crippen molar-refractivity contribution in [3.63, 3.8) is 0 Å². The van der Waals surface area contributed by atoms with Gasteiger partial charge in [-0.3, -0.25) is 9.69 Å². The van der Waals surface area contributed by atoms with Gasteiger partial charge in [0.15, 0.2) is 0 Å². The predicted molar refractivity (Wildman–Crippen MR) is 103 cm³/mol. The maximum atomic E-state index is 12.0. The van der Waals surface area contributed by atoms with E-state index in [0.29, 0.717) is 6.42 Å². The molecular formula is C14H27Cl3N4OS. The molecule has 0 spiro atoms. The lowest BCUT2D eigenvalue weighted by Gasteiger charge is -2.34. The summed E-state index contributed by atoms with van der Waals surface area (Å²) < 4.78 is 0. The Hall–Kier alpha value is -0.110. The molecule has 1 atom stereocenters. The van der Waals surface area contributed by atoms with Crippen LogP contribution in [0.4, 0.5) is 0 Å². The third kappa shape index (κ3) is 8.52. The van der Waals surface area contributed by atoms with Crippen molar-refractivity contribution in [1.82, 2.24) is 14.8 Å². The molecule has 1 amide bonds. The topological polar surface area (TPSA) is 62.5 Å². The van der Waals surface area contributed by atoms with Crippen molar-refractivity contribution < 1.29 is 4.79 Å². The second-order valence-electron chi connectivity index (χ2n) is 5.52. The summed E-state index contributed by atoms with van der Waals surface area (Å²) in [7, 11) is 0. The monoisotopic (exact) mass is 404 g/mol. The molecule has 0 radical (unpaired) electrons. The van der Waals surface area contributed by atoms with E-state index < -0.39 is 0 Å². The number of hydrogen-bond acceptors (Lipinski definition) is 5. The maximum Gasteiger partial charge on any atom is 0.222 e. The Kier molecular flexibility index (Phi) is 13.4. The lowest BCUT2D eigenvalue weighted by molar-refractivity contribution is -0.133. The van der Waals surface area contributed by atoms with Gasteiger partial charge in [0.05, 0.1) is 5.01 Å². The molecule has 1 saturated heterocycles. The van der Waals surface area contributed by atoms with Crippen LogP contribution in [0.5, 0.6) is 0 Å². The van der Waals surface area contributed by atoms with Gasteiger partial charge < -0.3 is 10.6 Å². The van der Waals surface area contributed by atoms with Crippen molar-refractivity contribution in [1.29, 1.82) is 0 Å². The largest absolute Gasteiger partial charge is 0.340 e. The SMILES string of the molecule is Cc1ncc(CN2CCN(C(=O)CCC(C)N)CC2)s1.Cl.Cl.Cl. The average Bonchev–Trinajstić information content (AvgIpc) is 2.82. The highest BCUT2D eigenvalue weighted by Crippen LogP contribution is 2.15. The third-order valence-electron chi connectivity index (χ3n) is 3.59. The Morgan fingerprint density at radius 2 is 1.91 bits per heavy atom. The summed E-state index contributed by atoms with van der Waals surface area (Å²) >= 11 is 1.75. The molecular weight excluding hydrogens is 379 g/mol. The van der Waals surface area contributed by atoms with E-state index in [-0.39, 0.29) is 49.2 Å². The Balaban J connectivity index is 0. The molecule has 2 rings (SSSR count). The Bertz CT molecular complexity index is 451. The number of hydrogen-bond donors (Lipinski definition) is 1.